The van der Waals surface area contributed by atoms with Gasteiger partial charge in [-0.25, -0.2) is 4.98 Å². The lowest BCUT2D eigenvalue weighted by Gasteiger charge is -2.10. The number of nitrogens with one attached hydrogen (secondary N) is 1. The van der Waals surface area contributed by atoms with Gasteiger partial charge in [-0.05, 0) is 46.6 Å². The molecule has 0 unspecified atom stereocenters. The first-order valence-electron chi connectivity index (χ1n) is 5.88. The molecule has 1 heterocycles. The van der Waals surface area contributed by atoms with E-state index >= 15 is 0 Å². The number of rotatable bonds is 3. The number of hydrogen-bond donors (Lipinski definition) is 2. The van der Waals surface area contributed by atoms with Gasteiger partial charge in [-0.1, -0.05) is 0 Å². The van der Waals surface area contributed by atoms with E-state index in [-0.39, 0.29) is 5.91 Å². The minimum Gasteiger partial charge on any atom is -0.496 e. The highest BCUT2D eigenvalue weighted by molar-refractivity contribution is 9.10. The van der Waals surface area contributed by atoms with E-state index in [0.717, 1.165) is 10.2 Å². The number of anilines is 2. The van der Waals surface area contributed by atoms with E-state index in [1.54, 1.807) is 24.4 Å². The van der Waals surface area contributed by atoms with E-state index in [2.05, 4.69) is 26.2 Å². The lowest BCUT2D eigenvalue weighted by atomic mass is 10.1. The van der Waals surface area contributed by atoms with E-state index in [1.165, 1.54) is 7.11 Å². The van der Waals surface area contributed by atoms with E-state index in [4.69, 9.17) is 10.5 Å². The molecule has 0 aliphatic carbocycles. The molecule has 0 fully saturated rings. The van der Waals surface area contributed by atoms with Crippen LogP contribution >= 0.6 is 15.9 Å². The zero-order chi connectivity index (χ0) is 14.7. The molecule has 3 N–H and O–H groups in total. The van der Waals surface area contributed by atoms with Crippen LogP contribution in [0.1, 0.15) is 15.9 Å². The number of halogens is 1. The van der Waals surface area contributed by atoms with Gasteiger partial charge in [0.1, 0.15) is 10.4 Å². The first-order valence-corrected chi connectivity index (χ1v) is 6.67. The average molecular weight is 336 g/mol. The van der Waals surface area contributed by atoms with Crippen molar-refractivity contribution in [2.24, 2.45) is 0 Å². The molecule has 1 aromatic heterocycles. The van der Waals surface area contributed by atoms with Crippen LogP contribution in [0.15, 0.2) is 35.1 Å². The highest BCUT2D eigenvalue weighted by Gasteiger charge is 2.13. The molecular formula is C14H14BrN3O2. The van der Waals surface area contributed by atoms with Gasteiger partial charge in [0.2, 0.25) is 0 Å². The van der Waals surface area contributed by atoms with Gasteiger partial charge in [-0.3, -0.25) is 4.79 Å². The van der Waals surface area contributed by atoms with Crippen molar-refractivity contribution in [2.75, 3.05) is 18.2 Å². The molecule has 0 atom stereocenters. The number of aryl methyl sites for hydroxylation is 1. The van der Waals surface area contributed by atoms with Crippen LogP contribution < -0.4 is 15.8 Å². The van der Waals surface area contributed by atoms with Gasteiger partial charge < -0.3 is 15.8 Å². The molecule has 20 heavy (non-hydrogen) atoms. The van der Waals surface area contributed by atoms with E-state index < -0.39 is 0 Å². The summed E-state index contributed by atoms with van der Waals surface area (Å²) in [6.07, 6.45) is 1.58. The SMILES string of the molecule is COc1cc(N)ccc1C(=O)Nc1cnc(Br)c(C)c1. The fraction of sp³-hybridized carbons (Fsp3) is 0.143. The Labute approximate surface area is 125 Å². The minimum absolute atomic E-state index is 0.273. The Kier molecular flexibility index (Phi) is 4.24. The molecule has 0 bridgehead atoms. The second kappa shape index (κ2) is 5.92. The van der Waals surface area contributed by atoms with Crippen molar-refractivity contribution in [2.45, 2.75) is 6.92 Å². The molecule has 6 heteroatoms. The standard InChI is InChI=1S/C14H14BrN3O2/c1-8-5-10(7-17-13(8)15)18-14(19)11-4-3-9(16)6-12(11)20-2/h3-7H,16H2,1-2H3,(H,18,19). The van der Waals surface area contributed by atoms with Gasteiger partial charge >= 0.3 is 0 Å². The summed E-state index contributed by atoms with van der Waals surface area (Å²) in [5.41, 5.74) is 8.18. The van der Waals surface area contributed by atoms with Crippen LogP contribution in [-0.4, -0.2) is 18.0 Å². The Morgan fingerprint density at radius 3 is 2.80 bits per heavy atom. The maximum atomic E-state index is 12.2. The normalized spacial score (nSPS) is 10.2. The van der Waals surface area contributed by atoms with Crippen LogP contribution in [0.25, 0.3) is 0 Å². The van der Waals surface area contributed by atoms with Crippen molar-refractivity contribution in [3.8, 4) is 5.75 Å². The van der Waals surface area contributed by atoms with Crippen molar-refractivity contribution in [1.29, 1.82) is 0 Å². The average Bonchev–Trinajstić information content (AvgIpc) is 2.42. The Morgan fingerprint density at radius 1 is 1.40 bits per heavy atom. The smallest absolute Gasteiger partial charge is 0.259 e. The van der Waals surface area contributed by atoms with Gasteiger partial charge in [0.15, 0.2) is 0 Å². The zero-order valence-corrected chi connectivity index (χ0v) is 12.7. The van der Waals surface area contributed by atoms with Gasteiger partial charge in [0, 0.05) is 11.8 Å². The Morgan fingerprint density at radius 2 is 2.15 bits per heavy atom. The summed E-state index contributed by atoms with van der Waals surface area (Å²) in [4.78, 5) is 16.4. The molecule has 1 aromatic carbocycles. The second-order valence-electron chi connectivity index (χ2n) is 4.25. The lowest BCUT2D eigenvalue weighted by molar-refractivity contribution is 0.102. The van der Waals surface area contributed by atoms with Crippen LogP contribution in [0.4, 0.5) is 11.4 Å². The number of methoxy groups -OCH3 is 1. The molecule has 5 nitrogen and oxygen atoms in total. The highest BCUT2D eigenvalue weighted by atomic mass is 79.9. The van der Waals surface area contributed by atoms with Crippen LogP contribution in [-0.2, 0) is 0 Å². The van der Waals surface area contributed by atoms with Crippen molar-refractivity contribution in [1.82, 2.24) is 4.98 Å². The third-order valence-electron chi connectivity index (χ3n) is 2.74. The summed E-state index contributed by atoms with van der Waals surface area (Å²) in [5.74, 6) is 0.162. The number of pyridine rings is 1. The zero-order valence-electron chi connectivity index (χ0n) is 11.1. The lowest BCUT2D eigenvalue weighted by Crippen LogP contribution is -2.13. The second-order valence-corrected chi connectivity index (χ2v) is 5.00. The van der Waals surface area contributed by atoms with E-state index in [1.807, 2.05) is 13.0 Å². The molecule has 0 spiro atoms. The van der Waals surface area contributed by atoms with Crippen LogP contribution in [0, 0.1) is 6.92 Å². The maximum absolute atomic E-state index is 12.2. The fourth-order valence-electron chi connectivity index (χ4n) is 1.72. The first kappa shape index (κ1) is 14.3. The number of carbonyl (C=O) groups excluding carboxylic acids is 1. The minimum atomic E-state index is -0.273. The predicted octanol–water partition coefficient (Wildman–Crippen LogP) is 3.00. The summed E-state index contributed by atoms with van der Waals surface area (Å²) < 4.78 is 5.91. The maximum Gasteiger partial charge on any atom is 0.259 e. The monoisotopic (exact) mass is 335 g/mol. The number of nitrogens with two attached hydrogens (primary N) is 1. The molecule has 0 saturated carbocycles. The summed E-state index contributed by atoms with van der Waals surface area (Å²) >= 11 is 3.31. The Hall–Kier alpha value is -2.08. The highest BCUT2D eigenvalue weighted by Crippen LogP contribution is 2.23. The van der Waals surface area contributed by atoms with Gasteiger partial charge in [0.25, 0.3) is 5.91 Å². The molecule has 0 aliphatic rings. The first-order chi connectivity index (χ1) is 9.51. The summed E-state index contributed by atoms with van der Waals surface area (Å²) in [6, 6.07) is 6.73. The van der Waals surface area contributed by atoms with Gasteiger partial charge in [0.05, 0.1) is 24.6 Å². The third-order valence-corrected chi connectivity index (χ3v) is 3.57. The number of benzene rings is 1. The van der Waals surface area contributed by atoms with Crippen molar-refractivity contribution in [3.63, 3.8) is 0 Å². The molecule has 2 aromatic rings. The molecule has 0 saturated heterocycles. The van der Waals surface area contributed by atoms with E-state index in [9.17, 15) is 4.79 Å². The number of nitrogen functional groups attached to an aromatic ring is 1. The number of amides is 1. The van der Waals surface area contributed by atoms with Crippen LogP contribution in [0.5, 0.6) is 5.75 Å². The van der Waals surface area contributed by atoms with Crippen molar-refractivity contribution < 1.29 is 9.53 Å². The Bertz CT molecular complexity index is 659. The quantitative estimate of drug-likeness (QED) is 0.667. The summed E-state index contributed by atoms with van der Waals surface area (Å²) in [6.45, 7) is 1.90. The summed E-state index contributed by atoms with van der Waals surface area (Å²) in [7, 11) is 1.50. The number of aromatic nitrogens is 1. The summed E-state index contributed by atoms with van der Waals surface area (Å²) in [5, 5.41) is 2.78. The number of nitrogens with zero attached hydrogens (tertiary/aromatic N) is 1. The molecular weight excluding hydrogens is 322 g/mol. The fourth-order valence-corrected chi connectivity index (χ4v) is 1.94. The van der Waals surface area contributed by atoms with E-state index in [0.29, 0.717) is 22.7 Å². The molecule has 1 amide bonds. The number of ether oxygens (including phenoxy) is 1. The predicted molar refractivity (Wildman–Crippen MR) is 82.0 cm³/mol. The van der Waals surface area contributed by atoms with Crippen LogP contribution in [0.2, 0.25) is 0 Å². The van der Waals surface area contributed by atoms with Gasteiger partial charge in [-0.2, -0.15) is 0 Å². The molecule has 0 aliphatic heterocycles. The molecule has 104 valence electrons. The van der Waals surface area contributed by atoms with Gasteiger partial charge in [-0.15, -0.1) is 0 Å². The largest absolute Gasteiger partial charge is 0.496 e. The number of carbonyl (C=O) groups is 1. The molecule has 2 rings (SSSR count). The third kappa shape index (κ3) is 3.08. The molecule has 0 radical (unpaired) electrons. The van der Waals surface area contributed by atoms with Crippen LogP contribution in [0.3, 0.4) is 0 Å². The van der Waals surface area contributed by atoms with Crippen molar-refractivity contribution >= 4 is 33.2 Å². The number of hydrogen-bond acceptors (Lipinski definition) is 4. The Balaban J connectivity index is 2.25. The topological polar surface area (TPSA) is 77.2 Å². The van der Waals surface area contributed by atoms with Crippen molar-refractivity contribution in [3.05, 3.63) is 46.2 Å².